The molecule has 1 N–H and O–H groups in total. The molecule has 0 saturated heterocycles. The molecule has 0 spiro atoms. The normalized spacial score (nSPS) is 23.1. The van der Waals surface area contributed by atoms with Crippen LogP contribution in [0.1, 0.15) is 41.8 Å². The summed E-state index contributed by atoms with van der Waals surface area (Å²) in [4.78, 5) is 25.1. The molecule has 0 bridgehead atoms. The van der Waals surface area contributed by atoms with E-state index in [0.29, 0.717) is 18.7 Å². The van der Waals surface area contributed by atoms with Crippen molar-refractivity contribution < 1.29 is 14.7 Å². The number of nitrogens with zero attached hydrogens (tertiary/aromatic N) is 1. The number of benzene rings is 1. The largest absolute Gasteiger partial charge is 0.478 e. The van der Waals surface area contributed by atoms with E-state index in [1.807, 2.05) is 11.0 Å². The van der Waals surface area contributed by atoms with Gasteiger partial charge in [-0.2, -0.15) is 0 Å². The molecule has 1 aliphatic heterocycles. The maximum Gasteiger partial charge on any atom is 0.335 e. The fraction of sp³-hybridized carbons (Fsp3) is 0.467. The van der Waals surface area contributed by atoms with Crippen molar-refractivity contribution in [3.63, 3.8) is 0 Å². The summed E-state index contributed by atoms with van der Waals surface area (Å²) in [5.41, 5.74) is 2.46. The maximum atomic E-state index is 12.3. The summed E-state index contributed by atoms with van der Waals surface area (Å²) < 4.78 is 0. The van der Waals surface area contributed by atoms with Gasteiger partial charge in [-0.05, 0) is 35.1 Å². The van der Waals surface area contributed by atoms with Crippen molar-refractivity contribution in [2.24, 2.45) is 11.3 Å². The summed E-state index contributed by atoms with van der Waals surface area (Å²) in [6.07, 6.45) is 0.957. The zero-order valence-corrected chi connectivity index (χ0v) is 11.1. The Morgan fingerprint density at radius 1 is 1.26 bits per heavy atom. The highest BCUT2D eigenvalue weighted by Crippen LogP contribution is 2.53. The monoisotopic (exact) mass is 259 g/mol. The fourth-order valence-corrected chi connectivity index (χ4v) is 2.79. The topological polar surface area (TPSA) is 57.6 Å². The second-order valence-electron chi connectivity index (χ2n) is 6.23. The SMILES string of the molecule is CC1(C)CC1C(=O)N1Cc2ccc(C(=O)O)cc2C1. The Morgan fingerprint density at radius 2 is 1.89 bits per heavy atom. The summed E-state index contributed by atoms with van der Waals surface area (Å²) >= 11 is 0. The van der Waals surface area contributed by atoms with Gasteiger partial charge in [0.05, 0.1) is 5.56 Å². The molecule has 1 saturated carbocycles. The molecule has 1 aromatic rings. The van der Waals surface area contributed by atoms with Crippen molar-refractivity contribution in [2.45, 2.75) is 33.4 Å². The van der Waals surface area contributed by atoms with Crippen LogP contribution < -0.4 is 0 Å². The van der Waals surface area contributed by atoms with E-state index in [1.54, 1.807) is 12.1 Å². The minimum absolute atomic E-state index is 0.137. The lowest BCUT2D eigenvalue weighted by Gasteiger charge is -2.16. The van der Waals surface area contributed by atoms with Gasteiger partial charge in [0.25, 0.3) is 0 Å². The molecule has 4 nitrogen and oxygen atoms in total. The number of carbonyl (C=O) groups excluding carboxylic acids is 1. The van der Waals surface area contributed by atoms with Crippen LogP contribution in [0.3, 0.4) is 0 Å². The number of rotatable bonds is 2. The van der Waals surface area contributed by atoms with Gasteiger partial charge >= 0.3 is 5.97 Å². The van der Waals surface area contributed by atoms with Crippen LogP contribution in [0.5, 0.6) is 0 Å². The van der Waals surface area contributed by atoms with E-state index in [-0.39, 0.29) is 17.2 Å². The zero-order chi connectivity index (χ0) is 13.8. The third kappa shape index (κ3) is 2.01. The molecule has 1 aromatic carbocycles. The van der Waals surface area contributed by atoms with Crippen molar-refractivity contribution in [2.75, 3.05) is 0 Å². The quantitative estimate of drug-likeness (QED) is 0.886. The fourth-order valence-electron chi connectivity index (χ4n) is 2.79. The van der Waals surface area contributed by atoms with Gasteiger partial charge in [-0.15, -0.1) is 0 Å². The molecule has 1 atom stereocenters. The minimum atomic E-state index is -0.920. The van der Waals surface area contributed by atoms with E-state index in [0.717, 1.165) is 17.5 Å². The van der Waals surface area contributed by atoms with Gasteiger partial charge < -0.3 is 10.0 Å². The summed E-state index contributed by atoms with van der Waals surface area (Å²) in [5.74, 6) is -0.574. The van der Waals surface area contributed by atoms with E-state index in [2.05, 4.69) is 13.8 Å². The Kier molecular flexibility index (Phi) is 2.46. The Balaban J connectivity index is 1.77. The number of amides is 1. The average molecular weight is 259 g/mol. The second-order valence-corrected chi connectivity index (χ2v) is 6.23. The Hall–Kier alpha value is -1.84. The molecule has 1 aliphatic carbocycles. The standard InChI is InChI=1S/C15H17NO3/c1-15(2)6-12(15)13(17)16-7-10-4-3-9(14(18)19)5-11(10)8-16/h3-5,12H,6-8H2,1-2H3,(H,18,19). The van der Waals surface area contributed by atoms with E-state index in [1.165, 1.54) is 0 Å². The van der Waals surface area contributed by atoms with Crippen molar-refractivity contribution >= 4 is 11.9 Å². The lowest BCUT2D eigenvalue weighted by molar-refractivity contribution is -0.133. The molecule has 1 heterocycles. The number of fused-ring (bicyclic) bond motifs is 1. The molecular weight excluding hydrogens is 242 g/mol. The third-order valence-electron chi connectivity index (χ3n) is 4.30. The summed E-state index contributed by atoms with van der Waals surface area (Å²) in [5, 5.41) is 8.98. The van der Waals surface area contributed by atoms with Crippen LogP contribution in [0.2, 0.25) is 0 Å². The van der Waals surface area contributed by atoms with Crippen molar-refractivity contribution in [1.82, 2.24) is 4.90 Å². The molecule has 0 radical (unpaired) electrons. The number of aromatic carboxylic acids is 1. The predicted octanol–water partition coefficient (Wildman–Crippen LogP) is 2.27. The van der Waals surface area contributed by atoms with Crippen molar-refractivity contribution in [3.8, 4) is 0 Å². The molecule has 100 valence electrons. The van der Waals surface area contributed by atoms with Crippen molar-refractivity contribution in [1.29, 1.82) is 0 Å². The predicted molar refractivity (Wildman–Crippen MR) is 69.5 cm³/mol. The number of hydrogen-bond acceptors (Lipinski definition) is 2. The highest BCUT2D eigenvalue weighted by atomic mass is 16.4. The first kappa shape index (κ1) is 12.2. The van der Waals surface area contributed by atoms with Crippen LogP contribution >= 0.6 is 0 Å². The molecule has 1 fully saturated rings. The van der Waals surface area contributed by atoms with Crippen molar-refractivity contribution in [3.05, 3.63) is 34.9 Å². The minimum Gasteiger partial charge on any atom is -0.478 e. The number of carbonyl (C=O) groups is 2. The highest BCUT2D eigenvalue weighted by Gasteiger charge is 2.52. The molecule has 1 unspecified atom stereocenters. The Morgan fingerprint density at radius 3 is 2.47 bits per heavy atom. The van der Waals surface area contributed by atoms with Crippen LogP contribution in [0.4, 0.5) is 0 Å². The van der Waals surface area contributed by atoms with Crippen LogP contribution in [0.25, 0.3) is 0 Å². The molecule has 2 aliphatic rings. The second kappa shape index (κ2) is 3.83. The molecule has 1 amide bonds. The summed E-state index contributed by atoms with van der Waals surface area (Å²) in [6.45, 7) is 5.38. The van der Waals surface area contributed by atoms with Gasteiger partial charge in [0.2, 0.25) is 5.91 Å². The number of carboxylic acid groups (broad SMARTS) is 1. The lowest BCUT2D eigenvalue weighted by Crippen LogP contribution is -2.28. The van der Waals surface area contributed by atoms with E-state index in [9.17, 15) is 9.59 Å². The maximum absolute atomic E-state index is 12.3. The Bertz CT molecular complexity index is 577. The first-order valence-corrected chi connectivity index (χ1v) is 6.52. The highest BCUT2D eigenvalue weighted by molar-refractivity contribution is 5.88. The third-order valence-corrected chi connectivity index (χ3v) is 4.30. The van der Waals surface area contributed by atoms with Crippen LogP contribution in [-0.4, -0.2) is 21.9 Å². The average Bonchev–Trinajstić information content (AvgIpc) is 2.82. The summed E-state index contributed by atoms with van der Waals surface area (Å²) in [6, 6.07) is 5.11. The van der Waals surface area contributed by atoms with Gasteiger partial charge in [0, 0.05) is 19.0 Å². The number of hydrogen-bond donors (Lipinski definition) is 1. The van der Waals surface area contributed by atoms with Gasteiger partial charge in [0.15, 0.2) is 0 Å². The van der Waals surface area contributed by atoms with Gasteiger partial charge in [-0.25, -0.2) is 4.79 Å². The van der Waals surface area contributed by atoms with Crippen LogP contribution in [0.15, 0.2) is 18.2 Å². The molecule has 0 aromatic heterocycles. The molecule has 4 heteroatoms. The van der Waals surface area contributed by atoms with Gasteiger partial charge in [-0.3, -0.25) is 4.79 Å². The lowest BCUT2D eigenvalue weighted by atomic mass is 10.1. The smallest absolute Gasteiger partial charge is 0.335 e. The molecule has 3 rings (SSSR count). The van der Waals surface area contributed by atoms with Crippen LogP contribution in [0, 0.1) is 11.3 Å². The molecule has 19 heavy (non-hydrogen) atoms. The summed E-state index contributed by atoms with van der Waals surface area (Å²) in [7, 11) is 0. The van der Waals surface area contributed by atoms with Gasteiger partial charge in [-0.1, -0.05) is 19.9 Å². The van der Waals surface area contributed by atoms with E-state index < -0.39 is 5.97 Å². The first-order chi connectivity index (χ1) is 8.88. The van der Waals surface area contributed by atoms with Gasteiger partial charge in [0.1, 0.15) is 0 Å². The van der Waals surface area contributed by atoms with Crippen LogP contribution in [-0.2, 0) is 17.9 Å². The van der Waals surface area contributed by atoms with E-state index in [4.69, 9.17) is 5.11 Å². The first-order valence-electron chi connectivity index (χ1n) is 6.52. The zero-order valence-electron chi connectivity index (χ0n) is 11.1. The Labute approximate surface area is 112 Å². The molecular formula is C15H17NO3. The van der Waals surface area contributed by atoms with E-state index >= 15 is 0 Å². The number of carboxylic acids is 1.